The van der Waals surface area contributed by atoms with Crippen molar-refractivity contribution in [3.05, 3.63) is 59.6 Å². The van der Waals surface area contributed by atoms with Crippen LogP contribution in [0.5, 0.6) is 5.88 Å². The van der Waals surface area contributed by atoms with Crippen molar-refractivity contribution in [1.82, 2.24) is 15.1 Å². The molecule has 0 radical (unpaired) electrons. The first kappa shape index (κ1) is 16.7. The lowest BCUT2D eigenvalue weighted by molar-refractivity contribution is 0.0979. The minimum Gasteiger partial charge on any atom is -0.481 e. The second-order valence-electron chi connectivity index (χ2n) is 5.15. The van der Waals surface area contributed by atoms with Gasteiger partial charge in [0.25, 0.3) is 0 Å². The average molecular weight is 345 g/mol. The van der Waals surface area contributed by atoms with Crippen molar-refractivity contribution in [2.24, 2.45) is 0 Å². The number of ketones is 1. The average Bonchev–Trinajstić information content (AvgIpc) is 3.11. The van der Waals surface area contributed by atoms with E-state index in [2.05, 4.69) is 15.1 Å². The molecular formula is C17H13F2N3O3. The highest BCUT2D eigenvalue weighted by atomic mass is 19.2. The van der Waals surface area contributed by atoms with Gasteiger partial charge in [0.15, 0.2) is 17.4 Å². The van der Waals surface area contributed by atoms with E-state index in [1.165, 1.54) is 13.2 Å². The first-order chi connectivity index (χ1) is 12.1. The highest BCUT2D eigenvalue weighted by Crippen LogP contribution is 2.18. The van der Waals surface area contributed by atoms with Gasteiger partial charge in [-0.05, 0) is 24.3 Å². The van der Waals surface area contributed by atoms with Gasteiger partial charge in [-0.3, -0.25) is 4.79 Å². The Bertz CT molecular complexity index is 894. The number of carbonyl (C=O) groups is 1. The summed E-state index contributed by atoms with van der Waals surface area (Å²) in [5, 5.41) is 3.83. The summed E-state index contributed by atoms with van der Waals surface area (Å²) >= 11 is 0. The van der Waals surface area contributed by atoms with Crippen LogP contribution >= 0.6 is 0 Å². The summed E-state index contributed by atoms with van der Waals surface area (Å²) in [6.07, 6.45) is 1.77. The molecule has 1 aromatic carbocycles. The number of hydrogen-bond acceptors (Lipinski definition) is 6. The minimum atomic E-state index is -1.06. The van der Waals surface area contributed by atoms with E-state index >= 15 is 0 Å². The number of ether oxygens (including phenoxy) is 1. The van der Waals surface area contributed by atoms with Crippen LogP contribution in [0.4, 0.5) is 8.78 Å². The molecule has 3 aromatic rings. The standard InChI is InChI=1S/C17H13F2N3O3/c1-24-15-6-3-11(9-20-15)17-21-16(25-22-17)7-5-14(23)10-2-4-12(18)13(19)8-10/h2-4,6,8-9H,5,7H2,1H3. The van der Waals surface area contributed by atoms with Gasteiger partial charge in [-0.25, -0.2) is 13.8 Å². The molecule has 2 heterocycles. The summed E-state index contributed by atoms with van der Waals surface area (Å²) in [7, 11) is 1.51. The molecule has 0 unspecified atom stereocenters. The summed E-state index contributed by atoms with van der Waals surface area (Å²) in [5.41, 5.74) is 0.737. The maximum absolute atomic E-state index is 13.2. The predicted molar refractivity (Wildman–Crippen MR) is 83.1 cm³/mol. The molecule has 0 saturated carbocycles. The zero-order valence-electron chi connectivity index (χ0n) is 13.2. The molecule has 0 aliphatic carbocycles. The van der Waals surface area contributed by atoms with E-state index in [0.717, 1.165) is 12.1 Å². The van der Waals surface area contributed by atoms with Crippen LogP contribution in [0.25, 0.3) is 11.4 Å². The molecule has 0 bridgehead atoms. The molecule has 0 N–H and O–H groups in total. The Morgan fingerprint density at radius 2 is 2.04 bits per heavy atom. The minimum absolute atomic E-state index is 0.0353. The third-order valence-corrected chi connectivity index (χ3v) is 3.48. The van der Waals surface area contributed by atoms with Gasteiger partial charge in [0.05, 0.1) is 7.11 Å². The van der Waals surface area contributed by atoms with Gasteiger partial charge in [-0.2, -0.15) is 4.98 Å². The van der Waals surface area contributed by atoms with E-state index in [9.17, 15) is 13.6 Å². The number of aromatic nitrogens is 3. The topological polar surface area (TPSA) is 78.1 Å². The molecule has 0 atom stereocenters. The van der Waals surface area contributed by atoms with Crippen LogP contribution in [0.15, 0.2) is 41.1 Å². The third kappa shape index (κ3) is 3.85. The number of benzene rings is 1. The fraction of sp³-hybridized carbons (Fsp3) is 0.176. The van der Waals surface area contributed by atoms with Crippen LogP contribution in [-0.2, 0) is 6.42 Å². The normalized spacial score (nSPS) is 10.7. The van der Waals surface area contributed by atoms with Crippen molar-refractivity contribution in [3.8, 4) is 17.3 Å². The van der Waals surface area contributed by atoms with E-state index in [4.69, 9.17) is 9.26 Å². The quantitative estimate of drug-likeness (QED) is 0.638. The number of methoxy groups -OCH3 is 1. The van der Waals surface area contributed by atoms with Gasteiger partial charge in [0.1, 0.15) is 0 Å². The molecule has 3 rings (SSSR count). The van der Waals surface area contributed by atoms with Crippen LogP contribution < -0.4 is 4.74 Å². The van der Waals surface area contributed by atoms with Crippen molar-refractivity contribution in [2.45, 2.75) is 12.8 Å². The van der Waals surface area contributed by atoms with Crippen LogP contribution in [0.3, 0.4) is 0 Å². The number of aryl methyl sites for hydroxylation is 1. The predicted octanol–water partition coefficient (Wildman–Crippen LogP) is 3.23. The maximum atomic E-state index is 13.2. The summed E-state index contributed by atoms with van der Waals surface area (Å²) in [4.78, 5) is 20.3. The number of pyridine rings is 1. The summed E-state index contributed by atoms with van der Waals surface area (Å²) in [6, 6.07) is 6.43. The van der Waals surface area contributed by atoms with Crippen molar-refractivity contribution in [3.63, 3.8) is 0 Å². The molecule has 0 aliphatic heterocycles. The van der Waals surface area contributed by atoms with E-state index in [1.54, 1.807) is 18.3 Å². The first-order valence-electron chi connectivity index (χ1n) is 7.38. The second-order valence-corrected chi connectivity index (χ2v) is 5.15. The fourth-order valence-electron chi connectivity index (χ4n) is 2.14. The van der Waals surface area contributed by atoms with E-state index in [-0.39, 0.29) is 30.1 Å². The van der Waals surface area contributed by atoms with Crippen molar-refractivity contribution >= 4 is 5.78 Å². The molecule has 6 nitrogen and oxygen atoms in total. The van der Waals surface area contributed by atoms with Gasteiger partial charge in [0.2, 0.25) is 17.6 Å². The number of halogens is 2. The highest BCUT2D eigenvalue weighted by molar-refractivity contribution is 5.96. The van der Waals surface area contributed by atoms with Gasteiger partial charge < -0.3 is 9.26 Å². The molecule has 25 heavy (non-hydrogen) atoms. The lowest BCUT2D eigenvalue weighted by Gasteiger charge is -2.00. The molecule has 8 heteroatoms. The first-order valence-corrected chi connectivity index (χ1v) is 7.38. The Morgan fingerprint density at radius 1 is 1.20 bits per heavy atom. The number of nitrogens with zero attached hydrogens (tertiary/aromatic N) is 3. The van der Waals surface area contributed by atoms with Crippen LogP contribution in [0.2, 0.25) is 0 Å². The Kier molecular flexibility index (Phi) is 4.78. The number of hydrogen-bond donors (Lipinski definition) is 0. The molecule has 128 valence electrons. The van der Waals surface area contributed by atoms with Crippen molar-refractivity contribution in [2.75, 3.05) is 7.11 Å². The summed E-state index contributed by atoms with van der Waals surface area (Å²) in [6.45, 7) is 0. The molecule has 0 spiro atoms. The Balaban J connectivity index is 1.64. The number of Topliss-reactive ketones (excluding diaryl/α,β-unsaturated/α-hetero) is 1. The zero-order valence-corrected chi connectivity index (χ0v) is 13.2. The Labute approximate surface area is 141 Å². The lowest BCUT2D eigenvalue weighted by atomic mass is 10.1. The zero-order chi connectivity index (χ0) is 17.8. The van der Waals surface area contributed by atoms with Crippen LogP contribution in [0.1, 0.15) is 22.7 Å². The summed E-state index contributed by atoms with van der Waals surface area (Å²) < 4.78 is 36.1. The lowest BCUT2D eigenvalue weighted by Crippen LogP contribution is -2.02. The second kappa shape index (κ2) is 7.16. The molecule has 0 saturated heterocycles. The van der Waals surface area contributed by atoms with Gasteiger partial charge in [0, 0.05) is 36.2 Å². The third-order valence-electron chi connectivity index (χ3n) is 3.48. The number of carbonyl (C=O) groups excluding carboxylic acids is 1. The van der Waals surface area contributed by atoms with Gasteiger partial charge >= 0.3 is 0 Å². The SMILES string of the molecule is COc1ccc(-c2noc(CCC(=O)c3ccc(F)c(F)c3)n2)cn1. The van der Waals surface area contributed by atoms with E-state index in [0.29, 0.717) is 17.3 Å². The van der Waals surface area contributed by atoms with E-state index < -0.39 is 11.6 Å². The molecular weight excluding hydrogens is 332 g/mol. The molecule has 0 fully saturated rings. The van der Waals surface area contributed by atoms with Gasteiger partial charge in [-0.1, -0.05) is 5.16 Å². The summed E-state index contributed by atoms with van der Waals surface area (Å²) in [5.74, 6) is -1.33. The van der Waals surface area contributed by atoms with E-state index in [1.807, 2.05) is 0 Å². The molecule has 0 aliphatic rings. The van der Waals surface area contributed by atoms with Crippen LogP contribution in [-0.4, -0.2) is 28.0 Å². The van der Waals surface area contributed by atoms with Crippen LogP contribution in [0, 0.1) is 11.6 Å². The van der Waals surface area contributed by atoms with Crippen molar-refractivity contribution in [1.29, 1.82) is 0 Å². The fourth-order valence-corrected chi connectivity index (χ4v) is 2.14. The Hall–Kier alpha value is -3.16. The maximum Gasteiger partial charge on any atom is 0.227 e. The smallest absolute Gasteiger partial charge is 0.227 e. The largest absolute Gasteiger partial charge is 0.481 e. The monoisotopic (exact) mass is 345 g/mol. The molecule has 2 aromatic heterocycles. The highest BCUT2D eigenvalue weighted by Gasteiger charge is 2.14. The molecule has 0 amide bonds. The van der Waals surface area contributed by atoms with Crippen molar-refractivity contribution < 1.29 is 22.8 Å². The number of rotatable bonds is 6. The van der Waals surface area contributed by atoms with Gasteiger partial charge in [-0.15, -0.1) is 0 Å². The Morgan fingerprint density at radius 3 is 2.72 bits per heavy atom.